The molecule has 0 fully saturated rings. The lowest BCUT2D eigenvalue weighted by Gasteiger charge is -2.16. The summed E-state index contributed by atoms with van der Waals surface area (Å²) in [7, 11) is 1.66. The molecule has 0 atom stereocenters. The third-order valence-corrected chi connectivity index (χ3v) is 4.55. The highest BCUT2D eigenvalue weighted by molar-refractivity contribution is 5.95. The van der Waals surface area contributed by atoms with Gasteiger partial charge < -0.3 is 14.8 Å². The van der Waals surface area contributed by atoms with Gasteiger partial charge in [-0.15, -0.1) is 0 Å². The first-order valence-corrected chi connectivity index (χ1v) is 8.87. The third-order valence-electron chi connectivity index (χ3n) is 4.55. The highest BCUT2D eigenvalue weighted by Gasteiger charge is 2.14. The molecule has 7 nitrogen and oxygen atoms in total. The van der Waals surface area contributed by atoms with E-state index in [1.54, 1.807) is 13.4 Å². The first-order valence-electron chi connectivity index (χ1n) is 8.87. The lowest BCUT2D eigenvalue weighted by atomic mass is 9.99. The van der Waals surface area contributed by atoms with Crippen LogP contribution in [0.2, 0.25) is 0 Å². The van der Waals surface area contributed by atoms with Crippen LogP contribution in [-0.2, 0) is 11.3 Å². The maximum atomic E-state index is 5.59. The highest BCUT2D eigenvalue weighted by atomic mass is 16.5. The summed E-state index contributed by atoms with van der Waals surface area (Å²) < 4.78 is 11.0. The van der Waals surface area contributed by atoms with Gasteiger partial charge in [0.25, 0.3) is 0 Å². The van der Waals surface area contributed by atoms with E-state index in [0.717, 1.165) is 52.4 Å². The predicted molar refractivity (Wildman–Crippen MR) is 104 cm³/mol. The van der Waals surface area contributed by atoms with Gasteiger partial charge in [0.1, 0.15) is 23.4 Å². The molecule has 0 spiro atoms. The van der Waals surface area contributed by atoms with Gasteiger partial charge in [-0.3, -0.25) is 0 Å². The van der Waals surface area contributed by atoms with Gasteiger partial charge in [-0.05, 0) is 48.7 Å². The molecule has 3 heterocycles. The van der Waals surface area contributed by atoms with Crippen LogP contribution in [0.3, 0.4) is 0 Å². The average Bonchev–Trinajstić information content (AvgIpc) is 2.73. The van der Waals surface area contributed by atoms with Crippen LogP contribution in [0, 0.1) is 6.92 Å². The second kappa shape index (κ2) is 7.67. The quantitative estimate of drug-likeness (QED) is 0.745. The van der Waals surface area contributed by atoms with Crippen LogP contribution < -0.4 is 10.1 Å². The van der Waals surface area contributed by atoms with Crippen LogP contribution in [0.4, 0.5) is 5.82 Å². The number of methoxy groups -OCH3 is 1. The van der Waals surface area contributed by atoms with Gasteiger partial charge in [0, 0.05) is 5.39 Å². The van der Waals surface area contributed by atoms with E-state index in [-0.39, 0.29) is 0 Å². The number of fused-ring (bicyclic) bond motifs is 1. The standard InChI is InChI=1S/C20H21N5O2/c1-13-3-4-16(25-24-13)11-21-20-17-9-15(14-5-7-27-8-6-14)10-18(26-2)19(17)22-12-23-20/h3-5,9-10,12H,6-8,11H2,1-2H3,(H,21,22,23). The molecule has 7 heteroatoms. The van der Waals surface area contributed by atoms with Gasteiger partial charge in [-0.1, -0.05) is 6.08 Å². The minimum Gasteiger partial charge on any atom is -0.494 e. The van der Waals surface area contributed by atoms with Gasteiger partial charge in [0.15, 0.2) is 0 Å². The summed E-state index contributed by atoms with van der Waals surface area (Å²) in [6, 6.07) is 8.04. The van der Waals surface area contributed by atoms with Crippen molar-refractivity contribution < 1.29 is 9.47 Å². The minimum absolute atomic E-state index is 0.530. The van der Waals surface area contributed by atoms with Crippen molar-refractivity contribution in [1.82, 2.24) is 20.2 Å². The molecule has 1 aliphatic heterocycles. The van der Waals surface area contributed by atoms with Gasteiger partial charge in [0.2, 0.25) is 0 Å². The Morgan fingerprint density at radius 3 is 2.85 bits per heavy atom. The molecule has 3 aromatic rings. The molecule has 0 saturated heterocycles. The van der Waals surface area contributed by atoms with Crippen LogP contribution in [0.25, 0.3) is 16.5 Å². The maximum Gasteiger partial charge on any atom is 0.145 e. The largest absolute Gasteiger partial charge is 0.494 e. The molecule has 1 aromatic carbocycles. The number of nitrogens with zero attached hydrogens (tertiary/aromatic N) is 4. The summed E-state index contributed by atoms with van der Waals surface area (Å²) >= 11 is 0. The number of anilines is 1. The minimum atomic E-state index is 0.530. The number of aryl methyl sites for hydroxylation is 1. The fourth-order valence-corrected chi connectivity index (χ4v) is 3.10. The van der Waals surface area contributed by atoms with Crippen molar-refractivity contribution in [2.75, 3.05) is 25.6 Å². The Kier molecular flexibility index (Phi) is 4.93. The van der Waals surface area contributed by atoms with Gasteiger partial charge in [-0.25, -0.2) is 9.97 Å². The Morgan fingerprint density at radius 1 is 1.19 bits per heavy atom. The first-order chi connectivity index (χ1) is 13.2. The van der Waals surface area contributed by atoms with Crippen LogP contribution in [-0.4, -0.2) is 40.5 Å². The number of hydrogen-bond acceptors (Lipinski definition) is 7. The summed E-state index contributed by atoms with van der Waals surface area (Å²) in [6.07, 6.45) is 4.54. The normalized spacial score (nSPS) is 14.1. The first kappa shape index (κ1) is 17.4. The number of hydrogen-bond donors (Lipinski definition) is 1. The third kappa shape index (κ3) is 3.73. The Labute approximate surface area is 157 Å². The van der Waals surface area contributed by atoms with E-state index in [1.807, 2.05) is 25.1 Å². The van der Waals surface area contributed by atoms with Gasteiger partial charge in [-0.2, -0.15) is 10.2 Å². The van der Waals surface area contributed by atoms with Crippen molar-refractivity contribution >= 4 is 22.3 Å². The molecule has 0 saturated carbocycles. The van der Waals surface area contributed by atoms with Crippen molar-refractivity contribution in [3.63, 3.8) is 0 Å². The Hall–Kier alpha value is -3.06. The van der Waals surface area contributed by atoms with Crippen molar-refractivity contribution in [1.29, 1.82) is 0 Å². The van der Waals surface area contributed by atoms with E-state index in [1.165, 1.54) is 5.57 Å². The molecule has 27 heavy (non-hydrogen) atoms. The Balaban J connectivity index is 1.71. The number of aromatic nitrogens is 4. The van der Waals surface area contributed by atoms with E-state index in [0.29, 0.717) is 13.2 Å². The molecule has 0 unspecified atom stereocenters. The average molecular weight is 363 g/mol. The van der Waals surface area contributed by atoms with E-state index < -0.39 is 0 Å². The van der Waals surface area contributed by atoms with Crippen LogP contribution in [0.15, 0.2) is 36.7 Å². The zero-order valence-corrected chi connectivity index (χ0v) is 15.4. The van der Waals surface area contributed by atoms with Crippen LogP contribution in [0.5, 0.6) is 5.75 Å². The van der Waals surface area contributed by atoms with E-state index in [2.05, 4.69) is 37.6 Å². The van der Waals surface area contributed by atoms with Crippen LogP contribution >= 0.6 is 0 Å². The molecule has 1 N–H and O–H groups in total. The highest BCUT2D eigenvalue weighted by Crippen LogP contribution is 2.33. The second-order valence-electron chi connectivity index (χ2n) is 6.37. The van der Waals surface area contributed by atoms with Crippen molar-refractivity contribution in [3.8, 4) is 5.75 Å². The molecular formula is C20H21N5O2. The topological polar surface area (TPSA) is 82.0 Å². The van der Waals surface area contributed by atoms with E-state index >= 15 is 0 Å². The van der Waals surface area contributed by atoms with E-state index in [4.69, 9.17) is 9.47 Å². The molecule has 138 valence electrons. The number of nitrogens with one attached hydrogen (secondary N) is 1. The summed E-state index contributed by atoms with van der Waals surface area (Å²) in [5, 5.41) is 12.6. The lowest BCUT2D eigenvalue weighted by molar-refractivity contribution is 0.161. The SMILES string of the molecule is COc1cc(C2=CCOCC2)cc2c(NCc3ccc(C)nn3)ncnc12. The Morgan fingerprint density at radius 2 is 2.11 bits per heavy atom. The summed E-state index contributed by atoms with van der Waals surface area (Å²) in [6.45, 7) is 3.82. The number of rotatable bonds is 5. The van der Waals surface area contributed by atoms with E-state index in [9.17, 15) is 0 Å². The summed E-state index contributed by atoms with van der Waals surface area (Å²) in [5.41, 5.74) is 4.88. The summed E-state index contributed by atoms with van der Waals surface area (Å²) in [5.74, 6) is 1.48. The molecular weight excluding hydrogens is 342 g/mol. The molecule has 4 rings (SSSR count). The molecule has 0 amide bonds. The number of ether oxygens (including phenoxy) is 2. The predicted octanol–water partition coefficient (Wildman–Crippen LogP) is 3.15. The fraction of sp³-hybridized carbons (Fsp3) is 0.300. The van der Waals surface area contributed by atoms with Crippen molar-refractivity contribution in [2.45, 2.75) is 19.9 Å². The number of benzene rings is 1. The van der Waals surface area contributed by atoms with Crippen molar-refractivity contribution in [3.05, 3.63) is 53.6 Å². The zero-order valence-electron chi connectivity index (χ0n) is 15.4. The molecule has 2 aromatic heterocycles. The van der Waals surface area contributed by atoms with Crippen LogP contribution in [0.1, 0.15) is 23.4 Å². The van der Waals surface area contributed by atoms with Crippen molar-refractivity contribution in [2.24, 2.45) is 0 Å². The molecule has 1 aliphatic rings. The second-order valence-corrected chi connectivity index (χ2v) is 6.37. The zero-order chi connectivity index (χ0) is 18.6. The molecule has 0 aliphatic carbocycles. The van der Waals surface area contributed by atoms with Gasteiger partial charge in [0.05, 0.1) is 38.3 Å². The van der Waals surface area contributed by atoms with Gasteiger partial charge >= 0.3 is 0 Å². The molecule has 0 radical (unpaired) electrons. The Bertz CT molecular complexity index is 986. The maximum absolute atomic E-state index is 5.59. The molecule has 0 bridgehead atoms. The smallest absolute Gasteiger partial charge is 0.145 e. The monoisotopic (exact) mass is 363 g/mol. The fourth-order valence-electron chi connectivity index (χ4n) is 3.10. The lowest BCUT2D eigenvalue weighted by Crippen LogP contribution is -2.07. The summed E-state index contributed by atoms with van der Waals surface area (Å²) in [4.78, 5) is 8.85.